The van der Waals surface area contributed by atoms with Gasteiger partial charge in [0.1, 0.15) is 0 Å². The van der Waals surface area contributed by atoms with Crippen molar-refractivity contribution in [2.24, 2.45) is 5.92 Å². The molecule has 1 fully saturated rings. The number of nitrogens with zero attached hydrogens (tertiary/aromatic N) is 1. The Balaban J connectivity index is 1.66. The van der Waals surface area contributed by atoms with Gasteiger partial charge in [-0.15, -0.1) is 22.7 Å². The molecule has 0 unspecified atom stereocenters. The van der Waals surface area contributed by atoms with E-state index in [0.717, 1.165) is 28.5 Å². The predicted molar refractivity (Wildman–Crippen MR) is 85.4 cm³/mol. The third-order valence-corrected chi connectivity index (χ3v) is 5.48. The molecule has 0 spiro atoms. The smallest absolute Gasteiger partial charge is 0.229 e. The molecule has 3 rings (SSSR count). The number of thiophene rings is 1. The predicted octanol–water partition coefficient (Wildman–Crippen LogP) is 4.70. The zero-order chi connectivity index (χ0) is 13.9. The minimum absolute atomic E-state index is 0.146. The molecule has 5 heteroatoms. The zero-order valence-corrected chi connectivity index (χ0v) is 13.1. The van der Waals surface area contributed by atoms with E-state index in [0.29, 0.717) is 0 Å². The lowest BCUT2D eigenvalue weighted by molar-refractivity contribution is -0.120. The molecule has 0 aromatic carbocycles. The molecule has 2 aromatic heterocycles. The summed E-state index contributed by atoms with van der Waals surface area (Å²) in [5.74, 6) is 0.327. The van der Waals surface area contributed by atoms with Gasteiger partial charge in [0, 0.05) is 16.2 Å². The van der Waals surface area contributed by atoms with Crippen LogP contribution in [0.2, 0.25) is 0 Å². The van der Waals surface area contributed by atoms with Crippen molar-refractivity contribution < 1.29 is 4.79 Å². The van der Waals surface area contributed by atoms with Gasteiger partial charge in [0.05, 0.1) is 10.6 Å². The molecule has 0 atom stereocenters. The van der Waals surface area contributed by atoms with Gasteiger partial charge in [-0.05, 0) is 31.9 Å². The minimum atomic E-state index is 0.146. The molecular weight excluding hydrogens is 288 g/mol. The number of carbonyl (C=O) groups is 1. The SMILES string of the molecule is Cc1ccc(-c2csc(NC(=O)C3CCCCC3)n2)s1. The van der Waals surface area contributed by atoms with Crippen molar-refractivity contribution in [1.82, 2.24) is 4.98 Å². The summed E-state index contributed by atoms with van der Waals surface area (Å²) >= 11 is 3.24. The number of hydrogen-bond donors (Lipinski definition) is 1. The maximum absolute atomic E-state index is 12.2. The van der Waals surface area contributed by atoms with Crippen LogP contribution in [0.25, 0.3) is 10.6 Å². The first kappa shape index (κ1) is 13.8. The maximum atomic E-state index is 12.2. The van der Waals surface area contributed by atoms with Crippen LogP contribution in [0.3, 0.4) is 0 Å². The number of hydrogen-bond acceptors (Lipinski definition) is 4. The van der Waals surface area contributed by atoms with Crippen molar-refractivity contribution in [3.8, 4) is 10.6 Å². The first-order valence-corrected chi connectivity index (χ1v) is 8.75. The van der Waals surface area contributed by atoms with E-state index in [9.17, 15) is 4.79 Å². The zero-order valence-electron chi connectivity index (χ0n) is 11.5. The summed E-state index contributed by atoms with van der Waals surface area (Å²) in [5.41, 5.74) is 0.965. The summed E-state index contributed by atoms with van der Waals surface area (Å²) < 4.78 is 0. The van der Waals surface area contributed by atoms with E-state index in [-0.39, 0.29) is 11.8 Å². The van der Waals surface area contributed by atoms with Gasteiger partial charge in [-0.3, -0.25) is 4.79 Å². The van der Waals surface area contributed by atoms with Crippen molar-refractivity contribution in [2.75, 3.05) is 5.32 Å². The molecule has 106 valence electrons. The van der Waals surface area contributed by atoms with Crippen LogP contribution in [0.5, 0.6) is 0 Å². The minimum Gasteiger partial charge on any atom is -0.302 e. The van der Waals surface area contributed by atoms with Gasteiger partial charge >= 0.3 is 0 Å². The number of amides is 1. The Bertz CT molecular complexity index is 597. The summed E-state index contributed by atoms with van der Waals surface area (Å²) in [5, 5.41) is 5.72. The van der Waals surface area contributed by atoms with Crippen LogP contribution in [0.15, 0.2) is 17.5 Å². The Kier molecular flexibility index (Phi) is 4.17. The van der Waals surface area contributed by atoms with Crippen LogP contribution in [0.4, 0.5) is 5.13 Å². The van der Waals surface area contributed by atoms with Crippen molar-refractivity contribution in [3.05, 3.63) is 22.4 Å². The second-order valence-corrected chi connectivity index (χ2v) is 7.42. The van der Waals surface area contributed by atoms with Gasteiger partial charge in [0.15, 0.2) is 5.13 Å². The quantitative estimate of drug-likeness (QED) is 0.893. The lowest BCUT2D eigenvalue weighted by Crippen LogP contribution is -2.24. The number of thiazole rings is 1. The average molecular weight is 306 g/mol. The first-order valence-electron chi connectivity index (χ1n) is 7.05. The Morgan fingerprint density at radius 1 is 1.30 bits per heavy atom. The van der Waals surface area contributed by atoms with E-state index in [1.165, 1.54) is 35.5 Å². The van der Waals surface area contributed by atoms with E-state index >= 15 is 0 Å². The summed E-state index contributed by atoms with van der Waals surface area (Å²) in [7, 11) is 0. The fourth-order valence-electron chi connectivity index (χ4n) is 2.59. The van der Waals surface area contributed by atoms with Crippen LogP contribution >= 0.6 is 22.7 Å². The van der Waals surface area contributed by atoms with Gasteiger partial charge in [-0.1, -0.05) is 19.3 Å². The van der Waals surface area contributed by atoms with E-state index in [2.05, 4.69) is 29.4 Å². The monoisotopic (exact) mass is 306 g/mol. The molecule has 2 heterocycles. The standard InChI is InChI=1S/C15H18N2OS2/c1-10-7-8-13(20-10)12-9-19-15(16-12)17-14(18)11-5-3-2-4-6-11/h7-9,11H,2-6H2,1H3,(H,16,17,18). The molecule has 1 N–H and O–H groups in total. The van der Waals surface area contributed by atoms with Crippen LogP contribution in [-0.4, -0.2) is 10.9 Å². The topological polar surface area (TPSA) is 42.0 Å². The van der Waals surface area contributed by atoms with Crippen LogP contribution < -0.4 is 5.32 Å². The van der Waals surface area contributed by atoms with Gasteiger partial charge in [0.2, 0.25) is 5.91 Å². The van der Waals surface area contributed by atoms with Crippen molar-refractivity contribution in [2.45, 2.75) is 39.0 Å². The highest BCUT2D eigenvalue weighted by molar-refractivity contribution is 7.17. The molecule has 0 saturated heterocycles. The van der Waals surface area contributed by atoms with E-state index in [1.807, 2.05) is 5.38 Å². The first-order chi connectivity index (χ1) is 9.72. The normalized spacial score (nSPS) is 16.2. The van der Waals surface area contributed by atoms with E-state index < -0.39 is 0 Å². The van der Waals surface area contributed by atoms with Gasteiger partial charge in [0.25, 0.3) is 0 Å². The Hall–Kier alpha value is -1.20. The van der Waals surface area contributed by atoms with Crippen molar-refractivity contribution in [1.29, 1.82) is 0 Å². The highest BCUT2D eigenvalue weighted by Gasteiger charge is 2.21. The second kappa shape index (κ2) is 6.06. The summed E-state index contributed by atoms with van der Waals surface area (Å²) in [6.07, 6.45) is 5.66. The lowest BCUT2D eigenvalue weighted by Gasteiger charge is -2.19. The number of anilines is 1. The molecular formula is C15H18N2OS2. The molecule has 1 aliphatic carbocycles. The molecule has 1 saturated carbocycles. The van der Waals surface area contributed by atoms with Crippen molar-refractivity contribution in [3.63, 3.8) is 0 Å². The summed E-state index contributed by atoms with van der Waals surface area (Å²) in [6, 6.07) is 4.18. The van der Waals surface area contributed by atoms with Crippen LogP contribution in [0, 0.1) is 12.8 Å². The summed E-state index contributed by atoms with van der Waals surface area (Å²) in [6.45, 7) is 2.09. The van der Waals surface area contributed by atoms with Gasteiger partial charge in [-0.2, -0.15) is 0 Å². The molecule has 2 aromatic rings. The molecule has 1 aliphatic rings. The molecule has 0 aliphatic heterocycles. The summed E-state index contributed by atoms with van der Waals surface area (Å²) in [4.78, 5) is 19.1. The lowest BCUT2D eigenvalue weighted by atomic mass is 9.89. The number of rotatable bonds is 3. The average Bonchev–Trinajstić information content (AvgIpc) is 3.09. The molecule has 20 heavy (non-hydrogen) atoms. The maximum Gasteiger partial charge on any atom is 0.229 e. The highest BCUT2D eigenvalue weighted by Crippen LogP contribution is 2.31. The highest BCUT2D eigenvalue weighted by atomic mass is 32.1. The number of aryl methyl sites for hydroxylation is 1. The van der Waals surface area contributed by atoms with Crippen LogP contribution in [0.1, 0.15) is 37.0 Å². The number of aromatic nitrogens is 1. The molecule has 1 amide bonds. The Morgan fingerprint density at radius 3 is 2.80 bits per heavy atom. The number of carbonyl (C=O) groups excluding carboxylic acids is 1. The Morgan fingerprint density at radius 2 is 2.10 bits per heavy atom. The third-order valence-electron chi connectivity index (χ3n) is 3.70. The molecule has 3 nitrogen and oxygen atoms in total. The van der Waals surface area contributed by atoms with Gasteiger partial charge in [-0.25, -0.2) is 4.98 Å². The van der Waals surface area contributed by atoms with Crippen molar-refractivity contribution >= 4 is 33.7 Å². The largest absolute Gasteiger partial charge is 0.302 e. The fraction of sp³-hybridized carbons (Fsp3) is 0.467. The molecule has 0 radical (unpaired) electrons. The van der Waals surface area contributed by atoms with E-state index in [1.54, 1.807) is 11.3 Å². The second-order valence-electron chi connectivity index (χ2n) is 5.27. The third kappa shape index (κ3) is 3.10. The van der Waals surface area contributed by atoms with Crippen LogP contribution in [-0.2, 0) is 4.79 Å². The fourth-order valence-corrected chi connectivity index (χ4v) is 4.21. The molecule has 0 bridgehead atoms. The van der Waals surface area contributed by atoms with Gasteiger partial charge < -0.3 is 5.32 Å². The Labute approximate surface area is 127 Å². The number of nitrogens with one attached hydrogen (secondary N) is 1. The van der Waals surface area contributed by atoms with E-state index in [4.69, 9.17) is 0 Å².